The summed E-state index contributed by atoms with van der Waals surface area (Å²) in [5.74, 6) is 0.0793. The number of thioether (sulfide) groups is 1. The Morgan fingerprint density at radius 2 is 1.79 bits per heavy atom. The smallest absolute Gasteiger partial charge is 0.266 e. The molecule has 4 rings (SSSR count). The van der Waals surface area contributed by atoms with E-state index in [4.69, 9.17) is 16.6 Å². The molecule has 2 heterocycles. The Morgan fingerprint density at radius 3 is 2.54 bits per heavy atom. The van der Waals surface area contributed by atoms with Crippen LogP contribution in [0.25, 0.3) is 16.6 Å². The topological polar surface area (TPSA) is 55.2 Å². The van der Waals surface area contributed by atoms with E-state index >= 15 is 0 Å². The van der Waals surface area contributed by atoms with Crippen LogP contribution in [0.5, 0.6) is 0 Å². The maximum Gasteiger partial charge on any atom is 0.266 e. The first-order valence-electron chi connectivity index (χ1n) is 9.28. The first-order chi connectivity index (χ1) is 13.6. The molecule has 0 spiro atoms. The second-order valence-electron chi connectivity index (χ2n) is 6.80. The number of amides is 1. The zero-order chi connectivity index (χ0) is 19.7. The van der Waals surface area contributed by atoms with Crippen LogP contribution >= 0.6 is 23.4 Å². The van der Waals surface area contributed by atoms with E-state index in [0.29, 0.717) is 26.8 Å². The minimum atomic E-state index is -0.347. The van der Waals surface area contributed by atoms with Gasteiger partial charge in [-0.15, -0.1) is 0 Å². The van der Waals surface area contributed by atoms with Gasteiger partial charge < -0.3 is 4.90 Å². The summed E-state index contributed by atoms with van der Waals surface area (Å²) in [6, 6.07) is 14.4. The third-order valence-corrected chi connectivity index (χ3v) is 6.25. The molecule has 1 aliphatic rings. The molecular weight excluding hydrogens is 394 g/mol. The number of rotatable bonds is 4. The molecule has 5 nitrogen and oxygen atoms in total. The Bertz CT molecular complexity index is 1090. The second kappa shape index (κ2) is 7.97. The zero-order valence-electron chi connectivity index (χ0n) is 15.5. The minimum absolute atomic E-state index is 0.0793. The summed E-state index contributed by atoms with van der Waals surface area (Å²) >= 11 is 7.68. The lowest BCUT2D eigenvalue weighted by molar-refractivity contribution is -0.129. The Morgan fingerprint density at radius 1 is 1.11 bits per heavy atom. The second-order valence-corrected chi connectivity index (χ2v) is 8.51. The fourth-order valence-electron chi connectivity index (χ4n) is 3.44. The van der Waals surface area contributed by atoms with Crippen molar-refractivity contribution in [3.05, 3.63) is 63.9 Å². The van der Waals surface area contributed by atoms with Crippen molar-refractivity contribution >= 4 is 40.2 Å². The molecule has 3 aromatic rings. The molecule has 0 radical (unpaired) electrons. The minimum Gasteiger partial charge on any atom is -0.342 e. The van der Waals surface area contributed by atoms with Gasteiger partial charge in [0, 0.05) is 13.1 Å². The van der Waals surface area contributed by atoms with Crippen LogP contribution in [0, 0.1) is 0 Å². The van der Waals surface area contributed by atoms with Gasteiger partial charge in [0.2, 0.25) is 5.91 Å². The average Bonchev–Trinajstić information content (AvgIpc) is 3.23. The number of hydrogen-bond acceptors (Lipinski definition) is 4. The highest BCUT2D eigenvalue weighted by Gasteiger charge is 2.26. The number of fused-ring (bicyclic) bond motifs is 1. The standard InChI is InChI=1S/C21H20ClN3O2S/c1-14(19(26)24-12-6-7-13-24)28-21-23-17-10-4-2-8-15(17)20(27)25(21)18-11-5-3-9-16(18)22/h2-5,8-11,14H,6-7,12-13H2,1H3/t14-/m0/s1. The summed E-state index contributed by atoms with van der Waals surface area (Å²) < 4.78 is 1.52. The number of aromatic nitrogens is 2. The molecule has 1 saturated heterocycles. The summed E-state index contributed by atoms with van der Waals surface area (Å²) in [5.41, 5.74) is 0.983. The predicted octanol–water partition coefficient (Wildman–Crippen LogP) is 4.14. The van der Waals surface area contributed by atoms with Gasteiger partial charge in [-0.3, -0.25) is 14.2 Å². The number of halogens is 1. The van der Waals surface area contributed by atoms with Gasteiger partial charge in [-0.2, -0.15) is 0 Å². The fraction of sp³-hybridized carbons (Fsp3) is 0.286. The Kier molecular flexibility index (Phi) is 5.42. The number of nitrogens with zero attached hydrogens (tertiary/aromatic N) is 3. The van der Waals surface area contributed by atoms with E-state index in [1.807, 2.05) is 42.2 Å². The van der Waals surface area contributed by atoms with Crippen molar-refractivity contribution in [1.29, 1.82) is 0 Å². The molecule has 1 aromatic heterocycles. The molecule has 1 fully saturated rings. The van der Waals surface area contributed by atoms with Crippen molar-refractivity contribution in [2.45, 2.75) is 30.2 Å². The lowest BCUT2D eigenvalue weighted by Crippen LogP contribution is -2.34. The monoisotopic (exact) mass is 413 g/mol. The van der Waals surface area contributed by atoms with Gasteiger partial charge in [-0.1, -0.05) is 47.6 Å². The van der Waals surface area contributed by atoms with Gasteiger partial charge in [0.25, 0.3) is 5.56 Å². The third-order valence-electron chi connectivity index (χ3n) is 4.89. The molecule has 2 aromatic carbocycles. The van der Waals surface area contributed by atoms with E-state index in [0.717, 1.165) is 25.9 Å². The highest BCUT2D eigenvalue weighted by Crippen LogP contribution is 2.29. The van der Waals surface area contributed by atoms with Gasteiger partial charge in [0.05, 0.1) is 26.9 Å². The maximum atomic E-state index is 13.3. The molecule has 1 atom stereocenters. The van der Waals surface area contributed by atoms with Crippen LogP contribution in [0.2, 0.25) is 5.02 Å². The highest BCUT2D eigenvalue weighted by atomic mass is 35.5. The van der Waals surface area contributed by atoms with Crippen LogP contribution in [-0.2, 0) is 4.79 Å². The lowest BCUT2D eigenvalue weighted by atomic mass is 10.2. The molecule has 0 N–H and O–H groups in total. The number of likely N-dealkylation sites (tertiary alicyclic amines) is 1. The molecule has 0 aliphatic carbocycles. The Hall–Kier alpha value is -2.31. The SMILES string of the molecule is C[C@H](Sc1nc2ccccc2c(=O)n1-c1ccccc1Cl)C(=O)N1CCCC1. The molecule has 1 aliphatic heterocycles. The van der Waals surface area contributed by atoms with Crippen LogP contribution in [0.4, 0.5) is 0 Å². The van der Waals surface area contributed by atoms with E-state index in [1.165, 1.54) is 16.3 Å². The quantitative estimate of drug-likeness (QED) is 0.476. The van der Waals surface area contributed by atoms with Crippen LogP contribution < -0.4 is 5.56 Å². The average molecular weight is 414 g/mol. The normalized spacial score (nSPS) is 15.1. The van der Waals surface area contributed by atoms with Crippen molar-refractivity contribution in [1.82, 2.24) is 14.5 Å². The molecule has 0 unspecified atom stereocenters. The summed E-state index contributed by atoms with van der Waals surface area (Å²) in [5, 5.41) is 1.10. The molecule has 144 valence electrons. The van der Waals surface area contributed by atoms with Crippen LogP contribution in [0.15, 0.2) is 58.5 Å². The van der Waals surface area contributed by atoms with Crippen LogP contribution in [0.1, 0.15) is 19.8 Å². The fourth-order valence-corrected chi connectivity index (χ4v) is 4.66. The van der Waals surface area contributed by atoms with Crippen LogP contribution in [-0.4, -0.2) is 38.7 Å². The Labute approximate surface area is 172 Å². The molecule has 28 heavy (non-hydrogen) atoms. The number of hydrogen-bond donors (Lipinski definition) is 0. The van der Waals surface area contributed by atoms with E-state index in [9.17, 15) is 9.59 Å². The largest absolute Gasteiger partial charge is 0.342 e. The molecule has 0 saturated carbocycles. The van der Waals surface area contributed by atoms with Crippen LogP contribution in [0.3, 0.4) is 0 Å². The maximum absolute atomic E-state index is 13.3. The van der Waals surface area contributed by atoms with E-state index in [2.05, 4.69) is 0 Å². The van der Waals surface area contributed by atoms with Crippen molar-refractivity contribution in [2.24, 2.45) is 0 Å². The van der Waals surface area contributed by atoms with Crippen molar-refractivity contribution in [3.8, 4) is 5.69 Å². The predicted molar refractivity (Wildman–Crippen MR) is 113 cm³/mol. The zero-order valence-corrected chi connectivity index (χ0v) is 17.0. The first kappa shape index (κ1) is 19.0. The van der Waals surface area contributed by atoms with Gasteiger partial charge in [-0.25, -0.2) is 4.98 Å². The summed E-state index contributed by atoms with van der Waals surface area (Å²) in [6.07, 6.45) is 2.09. The summed E-state index contributed by atoms with van der Waals surface area (Å²) in [4.78, 5) is 32.6. The van der Waals surface area contributed by atoms with Gasteiger partial charge in [0.1, 0.15) is 0 Å². The first-order valence-corrected chi connectivity index (χ1v) is 10.5. The summed E-state index contributed by atoms with van der Waals surface area (Å²) in [7, 11) is 0. The Balaban J connectivity index is 1.82. The van der Waals surface area contributed by atoms with Gasteiger partial charge >= 0.3 is 0 Å². The van der Waals surface area contributed by atoms with Crippen molar-refractivity contribution < 1.29 is 4.79 Å². The van der Waals surface area contributed by atoms with E-state index in [1.54, 1.807) is 18.2 Å². The van der Waals surface area contributed by atoms with Gasteiger partial charge in [-0.05, 0) is 44.0 Å². The summed E-state index contributed by atoms with van der Waals surface area (Å²) in [6.45, 7) is 3.46. The lowest BCUT2D eigenvalue weighted by Gasteiger charge is -2.21. The van der Waals surface area contributed by atoms with Crippen molar-refractivity contribution in [2.75, 3.05) is 13.1 Å². The highest BCUT2D eigenvalue weighted by molar-refractivity contribution is 8.00. The number of carbonyl (C=O) groups is 1. The third kappa shape index (κ3) is 3.54. The van der Waals surface area contributed by atoms with Gasteiger partial charge in [0.15, 0.2) is 5.16 Å². The number of para-hydroxylation sites is 2. The van der Waals surface area contributed by atoms with Crippen molar-refractivity contribution in [3.63, 3.8) is 0 Å². The molecule has 1 amide bonds. The van der Waals surface area contributed by atoms with E-state index < -0.39 is 0 Å². The van der Waals surface area contributed by atoms with E-state index in [-0.39, 0.29) is 16.7 Å². The number of benzene rings is 2. The number of carbonyl (C=O) groups excluding carboxylic acids is 1. The molecular formula is C21H20ClN3O2S. The molecule has 7 heteroatoms. The molecule has 0 bridgehead atoms.